The van der Waals surface area contributed by atoms with Crippen molar-refractivity contribution in [1.82, 2.24) is 9.78 Å². The normalized spacial score (nSPS) is 23.4. The SMILES string of the molecule is Cc1nn(C)c(N(C)C2CCCCC2C)c1C(N)=S. The van der Waals surface area contributed by atoms with Crippen molar-refractivity contribution in [3.05, 3.63) is 11.3 Å². The highest BCUT2D eigenvalue weighted by Crippen LogP contribution is 2.32. The molecule has 1 aliphatic carbocycles. The second-order valence-electron chi connectivity index (χ2n) is 5.71. The van der Waals surface area contributed by atoms with E-state index in [2.05, 4.69) is 24.0 Å². The molecule has 0 aromatic carbocycles. The highest BCUT2D eigenvalue weighted by Gasteiger charge is 2.29. The summed E-state index contributed by atoms with van der Waals surface area (Å²) in [5.41, 5.74) is 7.73. The van der Waals surface area contributed by atoms with E-state index in [4.69, 9.17) is 18.0 Å². The van der Waals surface area contributed by atoms with Crippen molar-refractivity contribution in [2.75, 3.05) is 11.9 Å². The van der Waals surface area contributed by atoms with Crippen molar-refractivity contribution in [2.45, 2.75) is 45.6 Å². The molecule has 1 aromatic heterocycles. The number of hydrogen-bond acceptors (Lipinski definition) is 3. The van der Waals surface area contributed by atoms with E-state index >= 15 is 0 Å². The minimum Gasteiger partial charge on any atom is -0.389 e. The largest absolute Gasteiger partial charge is 0.389 e. The lowest BCUT2D eigenvalue weighted by molar-refractivity contribution is 0.319. The summed E-state index contributed by atoms with van der Waals surface area (Å²) in [5.74, 6) is 1.76. The van der Waals surface area contributed by atoms with Crippen LogP contribution in [0, 0.1) is 12.8 Å². The topological polar surface area (TPSA) is 47.1 Å². The number of aromatic nitrogens is 2. The number of aryl methyl sites for hydroxylation is 2. The molecule has 106 valence electrons. The molecule has 4 nitrogen and oxygen atoms in total. The Balaban J connectivity index is 2.37. The highest BCUT2D eigenvalue weighted by atomic mass is 32.1. The van der Waals surface area contributed by atoms with E-state index in [1.807, 2.05) is 18.7 Å². The Kier molecular flexibility index (Phi) is 4.13. The van der Waals surface area contributed by atoms with Gasteiger partial charge in [-0.2, -0.15) is 5.10 Å². The summed E-state index contributed by atoms with van der Waals surface area (Å²) in [6, 6.07) is 0.552. The Labute approximate surface area is 121 Å². The molecule has 2 N–H and O–H groups in total. The number of nitrogens with two attached hydrogens (primary N) is 1. The third-order valence-electron chi connectivity index (χ3n) is 4.34. The lowest BCUT2D eigenvalue weighted by atomic mass is 9.85. The zero-order chi connectivity index (χ0) is 14.2. The summed E-state index contributed by atoms with van der Waals surface area (Å²) in [7, 11) is 4.11. The van der Waals surface area contributed by atoms with Crippen molar-refractivity contribution in [2.24, 2.45) is 18.7 Å². The average molecular weight is 280 g/mol. The highest BCUT2D eigenvalue weighted by molar-refractivity contribution is 7.80. The van der Waals surface area contributed by atoms with E-state index in [-0.39, 0.29) is 0 Å². The molecule has 5 heteroatoms. The number of thiocarbonyl (C=S) groups is 1. The van der Waals surface area contributed by atoms with Crippen molar-refractivity contribution >= 4 is 23.0 Å². The molecule has 0 radical (unpaired) electrons. The molecule has 1 heterocycles. The van der Waals surface area contributed by atoms with Crippen LogP contribution in [0.3, 0.4) is 0 Å². The van der Waals surface area contributed by atoms with Crippen molar-refractivity contribution in [3.63, 3.8) is 0 Å². The number of rotatable bonds is 3. The summed E-state index contributed by atoms with van der Waals surface area (Å²) in [6.45, 7) is 4.31. The fourth-order valence-electron chi connectivity index (χ4n) is 3.37. The van der Waals surface area contributed by atoms with Gasteiger partial charge in [-0.05, 0) is 25.7 Å². The Morgan fingerprint density at radius 3 is 2.63 bits per heavy atom. The van der Waals surface area contributed by atoms with Gasteiger partial charge in [-0.25, -0.2) is 0 Å². The van der Waals surface area contributed by atoms with Gasteiger partial charge in [0, 0.05) is 20.1 Å². The van der Waals surface area contributed by atoms with Crippen LogP contribution < -0.4 is 10.6 Å². The second kappa shape index (κ2) is 5.49. The minimum atomic E-state index is 0.441. The van der Waals surface area contributed by atoms with Gasteiger partial charge in [-0.1, -0.05) is 32.0 Å². The van der Waals surface area contributed by atoms with Gasteiger partial charge in [0.2, 0.25) is 0 Å². The standard InChI is InChI=1S/C14H24N4S/c1-9-7-5-6-8-11(9)17(3)14-12(13(15)19)10(2)16-18(14)4/h9,11H,5-8H2,1-4H3,(H2,15,19). The van der Waals surface area contributed by atoms with Crippen molar-refractivity contribution in [1.29, 1.82) is 0 Å². The van der Waals surface area contributed by atoms with Gasteiger partial charge in [-0.3, -0.25) is 4.68 Å². The first-order valence-corrected chi connectivity index (χ1v) is 7.40. The molecule has 2 atom stereocenters. The maximum absolute atomic E-state index is 5.88. The first-order valence-electron chi connectivity index (χ1n) is 6.99. The van der Waals surface area contributed by atoms with E-state index < -0.39 is 0 Å². The monoisotopic (exact) mass is 280 g/mol. The zero-order valence-electron chi connectivity index (χ0n) is 12.3. The molecule has 0 bridgehead atoms. The molecular weight excluding hydrogens is 256 g/mol. The second-order valence-corrected chi connectivity index (χ2v) is 6.15. The fourth-order valence-corrected chi connectivity index (χ4v) is 3.61. The maximum atomic E-state index is 5.88. The average Bonchev–Trinajstić information content (AvgIpc) is 2.64. The van der Waals surface area contributed by atoms with Gasteiger partial charge in [-0.15, -0.1) is 0 Å². The van der Waals surface area contributed by atoms with Crippen LogP contribution in [0.1, 0.15) is 43.9 Å². The van der Waals surface area contributed by atoms with E-state index in [9.17, 15) is 0 Å². The van der Waals surface area contributed by atoms with Crippen LogP contribution in [0.5, 0.6) is 0 Å². The molecule has 0 aliphatic heterocycles. The van der Waals surface area contributed by atoms with Gasteiger partial charge >= 0.3 is 0 Å². The van der Waals surface area contributed by atoms with Gasteiger partial charge < -0.3 is 10.6 Å². The van der Waals surface area contributed by atoms with Gasteiger partial charge in [0.05, 0.1) is 11.3 Å². The minimum absolute atomic E-state index is 0.441. The summed E-state index contributed by atoms with van der Waals surface area (Å²) in [5, 5.41) is 4.48. The van der Waals surface area contributed by atoms with Crippen LogP contribution in [0.25, 0.3) is 0 Å². The van der Waals surface area contributed by atoms with Crippen molar-refractivity contribution in [3.8, 4) is 0 Å². The molecule has 1 fully saturated rings. The lowest BCUT2D eigenvalue weighted by Gasteiger charge is -2.37. The summed E-state index contributed by atoms with van der Waals surface area (Å²) >= 11 is 5.20. The van der Waals surface area contributed by atoms with E-state index in [1.165, 1.54) is 25.7 Å². The van der Waals surface area contributed by atoms with Gasteiger partial charge in [0.25, 0.3) is 0 Å². The maximum Gasteiger partial charge on any atom is 0.137 e. The molecule has 0 amide bonds. The van der Waals surface area contributed by atoms with Gasteiger partial charge in [0.1, 0.15) is 10.8 Å². The van der Waals surface area contributed by atoms with E-state index in [0.717, 1.165) is 17.1 Å². The Bertz CT molecular complexity index is 480. The van der Waals surface area contributed by atoms with Crippen LogP contribution in [0.2, 0.25) is 0 Å². The molecule has 0 saturated heterocycles. The zero-order valence-corrected chi connectivity index (χ0v) is 13.1. The van der Waals surface area contributed by atoms with Crippen LogP contribution in [-0.4, -0.2) is 27.9 Å². The smallest absolute Gasteiger partial charge is 0.137 e. The molecular formula is C14H24N4S. The first-order chi connectivity index (χ1) is 8.93. The fraction of sp³-hybridized carbons (Fsp3) is 0.714. The van der Waals surface area contributed by atoms with E-state index in [0.29, 0.717) is 16.9 Å². The summed E-state index contributed by atoms with van der Waals surface area (Å²) in [6.07, 6.45) is 5.18. The Morgan fingerprint density at radius 1 is 1.42 bits per heavy atom. The van der Waals surface area contributed by atoms with Crippen LogP contribution in [0.4, 0.5) is 5.82 Å². The van der Waals surface area contributed by atoms with Crippen LogP contribution in [0.15, 0.2) is 0 Å². The van der Waals surface area contributed by atoms with Crippen LogP contribution in [-0.2, 0) is 7.05 Å². The molecule has 19 heavy (non-hydrogen) atoms. The van der Waals surface area contributed by atoms with E-state index in [1.54, 1.807) is 0 Å². The molecule has 1 saturated carbocycles. The predicted molar refractivity (Wildman–Crippen MR) is 83.7 cm³/mol. The number of nitrogens with zero attached hydrogens (tertiary/aromatic N) is 3. The molecule has 0 spiro atoms. The molecule has 2 unspecified atom stereocenters. The summed E-state index contributed by atoms with van der Waals surface area (Å²) in [4.78, 5) is 2.77. The third-order valence-corrected chi connectivity index (χ3v) is 4.54. The molecule has 1 aromatic rings. The predicted octanol–water partition coefficient (Wildman–Crippen LogP) is 2.38. The molecule has 2 rings (SSSR count). The quantitative estimate of drug-likeness (QED) is 0.864. The van der Waals surface area contributed by atoms with Gasteiger partial charge in [0.15, 0.2) is 0 Å². The lowest BCUT2D eigenvalue weighted by Crippen LogP contribution is -2.40. The number of hydrogen-bond donors (Lipinski definition) is 1. The first kappa shape index (κ1) is 14.3. The Hall–Kier alpha value is -1.10. The number of anilines is 1. The van der Waals surface area contributed by atoms with Crippen molar-refractivity contribution < 1.29 is 0 Å². The molecule has 1 aliphatic rings. The van der Waals surface area contributed by atoms with Crippen LogP contribution >= 0.6 is 12.2 Å². The summed E-state index contributed by atoms with van der Waals surface area (Å²) < 4.78 is 1.91. The third kappa shape index (κ3) is 2.61. The Morgan fingerprint density at radius 2 is 2.05 bits per heavy atom.